The number of fused-ring (bicyclic) bond motifs is 10. The van der Waals surface area contributed by atoms with E-state index in [1.807, 2.05) is 6.07 Å². The van der Waals surface area contributed by atoms with Gasteiger partial charge in [-0.2, -0.15) is 0 Å². The molecular formula is C63H44N2O. The Morgan fingerprint density at radius 3 is 1.53 bits per heavy atom. The summed E-state index contributed by atoms with van der Waals surface area (Å²) in [7, 11) is 0. The molecule has 3 heteroatoms. The van der Waals surface area contributed by atoms with Crippen LogP contribution in [0.3, 0.4) is 0 Å². The van der Waals surface area contributed by atoms with Crippen molar-refractivity contribution in [2.45, 2.75) is 19.3 Å². The van der Waals surface area contributed by atoms with Crippen LogP contribution in [0, 0.1) is 0 Å². The van der Waals surface area contributed by atoms with Gasteiger partial charge in [0.05, 0.1) is 11.0 Å². The summed E-state index contributed by atoms with van der Waals surface area (Å²) in [6.07, 6.45) is 0. The number of furan rings is 1. The Kier molecular flexibility index (Phi) is 8.56. The second-order valence-corrected chi connectivity index (χ2v) is 18.1. The van der Waals surface area contributed by atoms with Gasteiger partial charge in [-0.25, -0.2) is 0 Å². The van der Waals surface area contributed by atoms with Crippen molar-refractivity contribution >= 4 is 60.8 Å². The summed E-state index contributed by atoms with van der Waals surface area (Å²) in [5, 5.41) is 4.76. The van der Waals surface area contributed by atoms with Gasteiger partial charge >= 0.3 is 0 Å². The lowest BCUT2D eigenvalue weighted by atomic mass is 9.81. The Hall–Kier alpha value is -8.40. The van der Waals surface area contributed by atoms with E-state index in [1.165, 1.54) is 82.8 Å². The van der Waals surface area contributed by atoms with Crippen LogP contribution in [0.5, 0.6) is 0 Å². The van der Waals surface area contributed by atoms with Crippen molar-refractivity contribution in [3.8, 4) is 50.2 Å². The standard InChI is InChI=1S/C63H44N2O/c1-63(2)55-39-46(42-15-7-4-8-16-42)27-35-51(55)52-36-34-50(40-56(52)63)64(47-28-21-43(22-29-47)41-13-5-3-6-14-41)48-30-23-44(24-31-48)45-25-32-49(33-26-45)65-57-19-11-9-17-53(57)61-58(65)37-38-60-62(61)54-18-10-12-20-59(54)66-60/h3-40H,1-2H3. The molecule has 0 N–H and O–H groups in total. The summed E-state index contributed by atoms with van der Waals surface area (Å²) >= 11 is 0. The Bertz CT molecular complexity index is 3800. The second-order valence-electron chi connectivity index (χ2n) is 18.1. The van der Waals surface area contributed by atoms with E-state index in [0.29, 0.717) is 0 Å². The van der Waals surface area contributed by atoms with Gasteiger partial charge in [-0.1, -0.05) is 166 Å². The van der Waals surface area contributed by atoms with Gasteiger partial charge in [0.2, 0.25) is 0 Å². The Balaban J connectivity index is 0.871. The van der Waals surface area contributed by atoms with Crippen LogP contribution in [0.2, 0.25) is 0 Å². The summed E-state index contributed by atoms with van der Waals surface area (Å²) in [6, 6.07) is 83.8. The summed E-state index contributed by atoms with van der Waals surface area (Å²) in [5.74, 6) is 0. The smallest absolute Gasteiger partial charge is 0.136 e. The minimum Gasteiger partial charge on any atom is -0.456 e. The van der Waals surface area contributed by atoms with Gasteiger partial charge in [-0.05, 0) is 134 Å². The first-order valence-corrected chi connectivity index (χ1v) is 22.8. The molecule has 13 rings (SSSR count). The van der Waals surface area contributed by atoms with Crippen molar-refractivity contribution in [3.05, 3.63) is 242 Å². The molecule has 66 heavy (non-hydrogen) atoms. The zero-order valence-corrected chi connectivity index (χ0v) is 36.7. The largest absolute Gasteiger partial charge is 0.456 e. The minimum absolute atomic E-state index is 0.177. The summed E-state index contributed by atoms with van der Waals surface area (Å²) in [4.78, 5) is 2.40. The molecule has 312 valence electrons. The molecule has 0 aliphatic heterocycles. The van der Waals surface area contributed by atoms with Crippen LogP contribution in [-0.4, -0.2) is 4.57 Å². The molecule has 0 spiro atoms. The predicted octanol–water partition coefficient (Wildman–Crippen LogP) is 17.5. The molecule has 2 heterocycles. The van der Waals surface area contributed by atoms with E-state index in [-0.39, 0.29) is 5.41 Å². The van der Waals surface area contributed by atoms with E-state index in [0.717, 1.165) is 39.3 Å². The van der Waals surface area contributed by atoms with Gasteiger partial charge < -0.3 is 13.9 Å². The van der Waals surface area contributed by atoms with Gasteiger partial charge in [0.25, 0.3) is 0 Å². The van der Waals surface area contributed by atoms with Gasteiger partial charge in [0, 0.05) is 49.7 Å². The average Bonchev–Trinajstić information content (AvgIpc) is 4.00. The number of benzene rings is 10. The highest BCUT2D eigenvalue weighted by Crippen LogP contribution is 2.52. The molecule has 12 aromatic rings. The second kappa shape index (κ2) is 14.8. The van der Waals surface area contributed by atoms with E-state index in [1.54, 1.807) is 0 Å². The van der Waals surface area contributed by atoms with Gasteiger partial charge in [-0.15, -0.1) is 0 Å². The number of aromatic nitrogens is 1. The van der Waals surface area contributed by atoms with Crippen LogP contribution >= 0.6 is 0 Å². The lowest BCUT2D eigenvalue weighted by Gasteiger charge is -2.28. The Morgan fingerprint density at radius 1 is 0.364 bits per heavy atom. The fraction of sp³-hybridized carbons (Fsp3) is 0.0476. The third-order valence-electron chi connectivity index (χ3n) is 14.0. The van der Waals surface area contributed by atoms with Crippen LogP contribution in [0.25, 0.3) is 93.9 Å². The Labute approximate surface area is 384 Å². The highest BCUT2D eigenvalue weighted by molar-refractivity contribution is 6.27. The van der Waals surface area contributed by atoms with Gasteiger partial charge in [0.15, 0.2) is 0 Å². The van der Waals surface area contributed by atoms with E-state index in [9.17, 15) is 0 Å². The first-order valence-electron chi connectivity index (χ1n) is 22.8. The predicted molar refractivity (Wildman–Crippen MR) is 277 cm³/mol. The number of rotatable bonds is 7. The van der Waals surface area contributed by atoms with Crippen LogP contribution < -0.4 is 4.90 Å². The molecule has 0 saturated carbocycles. The van der Waals surface area contributed by atoms with Crippen LogP contribution in [0.15, 0.2) is 235 Å². The maximum absolute atomic E-state index is 6.33. The number of hydrogen-bond donors (Lipinski definition) is 0. The van der Waals surface area contributed by atoms with E-state index >= 15 is 0 Å². The number of para-hydroxylation sites is 2. The molecular weight excluding hydrogens is 801 g/mol. The van der Waals surface area contributed by atoms with Crippen LogP contribution in [-0.2, 0) is 5.41 Å². The maximum atomic E-state index is 6.33. The molecule has 0 atom stereocenters. The monoisotopic (exact) mass is 844 g/mol. The maximum Gasteiger partial charge on any atom is 0.136 e. The normalized spacial score (nSPS) is 12.8. The zero-order chi connectivity index (χ0) is 43.9. The third kappa shape index (κ3) is 5.97. The van der Waals surface area contributed by atoms with Crippen LogP contribution in [0.4, 0.5) is 17.1 Å². The lowest BCUT2D eigenvalue weighted by Crippen LogP contribution is -2.16. The molecule has 1 aliphatic carbocycles. The molecule has 0 fully saturated rings. The number of nitrogens with zero attached hydrogens (tertiary/aromatic N) is 2. The molecule has 0 unspecified atom stereocenters. The molecule has 1 aliphatic rings. The molecule has 0 amide bonds. The van der Waals surface area contributed by atoms with E-state index < -0.39 is 0 Å². The fourth-order valence-electron chi connectivity index (χ4n) is 10.7. The van der Waals surface area contributed by atoms with Crippen molar-refractivity contribution < 1.29 is 4.42 Å². The zero-order valence-electron chi connectivity index (χ0n) is 36.7. The van der Waals surface area contributed by atoms with E-state index in [4.69, 9.17) is 4.42 Å². The molecule has 0 saturated heterocycles. The topological polar surface area (TPSA) is 21.3 Å². The SMILES string of the molecule is CC1(C)c2cc(-c3ccccc3)ccc2-c2ccc(N(c3ccc(-c4ccccc4)cc3)c3ccc(-c4ccc(-n5c6ccccc6c6c7c(ccc65)oc5ccccc57)cc4)cc3)cc21. The minimum atomic E-state index is -0.177. The first kappa shape index (κ1) is 38.1. The van der Waals surface area contributed by atoms with Crippen molar-refractivity contribution in [1.29, 1.82) is 0 Å². The Morgan fingerprint density at radius 2 is 0.864 bits per heavy atom. The number of hydrogen-bond acceptors (Lipinski definition) is 2. The van der Waals surface area contributed by atoms with Crippen molar-refractivity contribution in [3.63, 3.8) is 0 Å². The molecule has 0 radical (unpaired) electrons. The fourth-order valence-corrected chi connectivity index (χ4v) is 10.7. The summed E-state index contributed by atoms with van der Waals surface area (Å²) in [6.45, 7) is 4.74. The molecule has 2 aromatic heterocycles. The van der Waals surface area contributed by atoms with Crippen molar-refractivity contribution in [2.24, 2.45) is 0 Å². The first-order chi connectivity index (χ1) is 32.5. The third-order valence-corrected chi connectivity index (χ3v) is 14.0. The summed E-state index contributed by atoms with van der Waals surface area (Å²) in [5.41, 5.74) is 21.0. The molecule has 3 nitrogen and oxygen atoms in total. The highest BCUT2D eigenvalue weighted by atomic mass is 16.3. The van der Waals surface area contributed by atoms with E-state index in [2.05, 4.69) is 248 Å². The molecule has 10 aromatic carbocycles. The van der Waals surface area contributed by atoms with Crippen LogP contribution in [0.1, 0.15) is 25.0 Å². The molecule has 0 bridgehead atoms. The van der Waals surface area contributed by atoms with Crippen molar-refractivity contribution in [1.82, 2.24) is 4.57 Å². The highest BCUT2D eigenvalue weighted by Gasteiger charge is 2.36. The summed E-state index contributed by atoms with van der Waals surface area (Å²) < 4.78 is 8.71. The quantitative estimate of drug-likeness (QED) is 0.159. The average molecular weight is 845 g/mol. The van der Waals surface area contributed by atoms with Gasteiger partial charge in [-0.3, -0.25) is 0 Å². The number of anilines is 3. The van der Waals surface area contributed by atoms with Crippen molar-refractivity contribution in [2.75, 3.05) is 4.90 Å². The van der Waals surface area contributed by atoms with Gasteiger partial charge in [0.1, 0.15) is 11.2 Å². The lowest BCUT2D eigenvalue weighted by molar-refractivity contribution is 0.660.